The number of anilines is 3. The van der Waals surface area contributed by atoms with Crippen LogP contribution in [0, 0.1) is 17.8 Å². The van der Waals surface area contributed by atoms with E-state index < -0.39 is 0 Å². The number of hydrogen-bond acceptors (Lipinski definition) is 1. The summed E-state index contributed by atoms with van der Waals surface area (Å²) in [4.78, 5) is 2.70. The number of nitrogens with zero attached hydrogens (tertiary/aromatic N) is 1. The van der Waals surface area contributed by atoms with Crippen molar-refractivity contribution in [2.24, 2.45) is 17.8 Å². The van der Waals surface area contributed by atoms with Crippen molar-refractivity contribution in [1.82, 2.24) is 0 Å². The van der Waals surface area contributed by atoms with Crippen LogP contribution in [-0.2, 0) is 16.2 Å². The Hall–Kier alpha value is -4.88. The molecule has 6 aliphatic rings. The van der Waals surface area contributed by atoms with Gasteiger partial charge in [0.2, 0.25) is 0 Å². The summed E-state index contributed by atoms with van der Waals surface area (Å²) in [5, 5.41) is 0. The fourth-order valence-electron chi connectivity index (χ4n) is 14.2. The first-order chi connectivity index (χ1) is 27.9. The van der Waals surface area contributed by atoms with Crippen LogP contribution in [0.3, 0.4) is 0 Å². The molecule has 0 N–H and O–H groups in total. The molecule has 3 saturated carbocycles. The summed E-state index contributed by atoms with van der Waals surface area (Å²) in [7, 11) is 0. The summed E-state index contributed by atoms with van der Waals surface area (Å²) in [6.45, 7) is 7.29. The van der Waals surface area contributed by atoms with Crippen molar-refractivity contribution < 1.29 is 0 Å². The number of hydrogen-bond donors (Lipinski definition) is 0. The van der Waals surface area contributed by atoms with Gasteiger partial charge in [-0.1, -0.05) is 150 Å². The Kier molecular flexibility index (Phi) is 7.39. The molecule has 2 spiro atoms. The van der Waals surface area contributed by atoms with E-state index in [1.807, 2.05) is 0 Å². The summed E-state index contributed by atoms with van der Waals surface area (Å²) in [6.07, 6.45) is 14.5. The molecule has 57 heavy (non-hydrogen) atoms. The second-order valence-corrected chi connectivity index (χ2v) is 19.3. The molecule has 6 aromatic rings. The molecule has 2 atom stereocenters. The van der Waals surface area contributed by atoms with Crippen LogP contribution in [0.2, 0.25) is 0 Å². The van der Waals surface area contributed by atoms with Crippen LogP contribution in [0.15, 0.2) is 127 Å². The molecule has 1 nitrogen and oxygen atoms in total. The van der Waals surface area contributed by atoms with Crippen LogP contribution in [0.5, 0.6) is 0 Å². The SMILES string of the molecule is CCC1CC2CCCC(C1)C21c2ccccc2-c2c(N(c3ccc4c(c3)C(C)(C)c3ccccc3-4)c3ccc4c(c3)C3(CCCCC3)c3ccccc3-4)cccc21. The molecule has 0 heterocycles. The van der Waals surface area contributed by atoms with E-state index in [0.717, 1.165) is 5.92 Å². The molecule has 0 radical (unpaired) electrons. The van der Waals surface area contributed by atoms with Gasteiger partial charge in [0.05, 0.1) is 5.69 Å². The van der Waals surface area contributed by atoms with Crippen molar-refractivity contribution in [3.63, 3.8) is 0 Å². The highest BCUT2D eigenvalue weighted by Crippen LogP contribution is 2.67. The van der Waals surface area contributed by atoms with Gasteiger partial charge in [-0.05, 0) is 148 Å². The van der Waals surface area contributed by atoms with E-state index in [2.05, 4.69) is 153 Å². The molecule has 0 amide bonds. The molecule has 6 aromatic carbocycles. The van der Waals surface area contributed by atoms with Gasteiger partial charge in [-0.25, -0.2) is 0 Å². The summed E-state index contributed by atoms with van der Waals surface area (Å²) >= 11 is 0. The van der Waals surface area contributed by atoms with Crippen molar-refractivity contribution in [3.05, 3.63) is 161 Å². The lowest BCUT2D eigenvalue weighted by Gasteiger charge is -2.55. The van der Waals surface area contributed by atoms with Gasteiger partial charge in [0.15, 0.2) is 0 Å². The third kappa shape index (κ3) is 4.47. The van der Waals surface area contributed by atoms with Crippen LogP contribution in [0.1, 0.15) is 125 Å². The van der Waals surface area contributed by atoms with Gasteiger partial charge < -0.3 is 4.90 Å². The molecule has 0 aromatic heterocycles. The minimum absolute atomic E-state index is 0.0794. The molecular formula is C56H55N. The molecule has 0 saturated heterocycles. The average molecular weight is 742 g/mol. The fraction of sp³-hybridized carbons (Fsp3) is 0.357. The zero-order chi connectivity index (χ0) is 38.1. The predicted octanol–water partition coefficient (Wildman–Crippen LogP) is 15.2. The number of benzene rings is 6. The van der Waals surface area contributed by atoms with Crippen LogP contribution in [0.4, 0.5) is 17.1 Å². The van der Waals surface area contributed by atoms with E-state index in [1.54, 1.807) is 22.3 Å². The first-order valence-corrected chi connectivity index (χ1v) is 22.5. The maximum absolute atomic E-state index is 2.70. The van der Waals surface area contributed by atoms with Gasteiger partial charge in [0.1, 0.15) is 0 Å². The molecule has 6 aliphatic carbocycles. The highest BCUT2D eigenvalue weighted by Gasteiger charge is 2.58. The molecule has 1 heteroatoms. The number of rotatable bonds is 4. The average Bonchev–Trinajstić information content (AvgIpc) is 3.77. The third-order valence-corrected chi connectivity index (χ3v) is 16.6. The van der Waals surface area contributed by atoms with Gasteiger partial charge in [-0.3, -0.25) is 0 Å². The molecule has 0 aliphatic heterocycles. The summed E-state index contributed by atoms with van der Waals surface area (Å²) in [5.41, 5.74) is 21.9. The zero-order valence-corrected chi connectivity index (χ0v) is 34.1. The minimum Gasteiger partial charge on any atom is -0.310 e. The van der Waals surface area contributed by atoms with Gasteiger partial charge in [-0.15, -0.1) is 0 Å². The molecule has 284 valence electrons. The lowest BCUT2D eigenvalue weighted by atomic mass is 9.49. The highest BCUT2D eigenvalue weighted by atomic mass is 15.1. The van der Waals surface area contributed by atoms with E-state index in [1.165, 1.54) is 132 Å². The highest BCUT2D eigenvalue weighted by molar-refractivity contribution is 5.97. The van der Waals surface area contributed by atoms with Crippen molar-refractivity contribution in [2.45, 2.75) is 108 Å². The maximum Gasteiger partial charge on any atom is 0.0543 e. The zero-order valence-electron chi connectivity index (χ0n) is 34.1. The van der Waals surface area contributed by atoms with E-state index in [0.29, 0.717) is 11.8 Å². The van der Waals surface area contributed by atoms with E-state index in [4.69, 9.17) is 0 Å². The number of fused-ring (bicyclic) bond motifs is 11. The van der Waals surface area contributed by atoms with Crippen LogP contribution in [-0.4, -0.2) is 0 Å². The van der Waals surface area contributed by atoms with E-state index >= 15 is 0 Å². The second-order valence-electron chi connectivity index (χ2n) is 19.3. The first kappa shape index (κ1) is 34.2. The maximum atomic E-state index is 2.70. The topological polar surface area (TPSA) is 3.24 Å². The minimum atomic E-state index is -0.0794. The smallest absolute Gasteiger partial charge is 0.0543 e. The Morgan fingerprint density at radius 2 is 1.07 bits per heavy atom. The Bertz CT molecular complexity index is 2580. The van der Waals surface area contributed by atoms with Gasteiger partial charge in [0, 0.05) is 33.2 Å². The Morgan fingerprint density at radius 3 is 1.77 bits per heavy atom. The monoisotopic (exact) mass is 741 g/mol. The normalized spacial score (nSPS) is 25.0. The fourth-order valence-corrected chi connectivity index (χ4v) is 14.2. The van der Waals surface area contributed by atoms with Crippen molar-refractivity contribution in [1.29, 1.82) is 0 Å². The Labute approximate surface area is 340 Å². The first-order valence-electron chi connectivity index (χ1n) is 22.5. The lowest BCUT2D eigenvalue weighted by molar-refractivity contribution is 0.0492. The van der Waals surface area contributed by atoms with E-state index in [-0.39, 0.29) is 16.2 Å². The van der Waals surface area contributed by atoms with Gasteiger partial charge in [0.25, 0.3) is 0 Å². The summed E-state index contributed by atoms with van der Waals surface area (Å²) < 4.78 is 0. The van der Waals surface area contributed by atoms with E-state index in [9.17, 15) is 0 Å². The molecule has 2 bridgehead atoms. The van der Waals surface area contributed by atoms with Crippen molar-refractivity contribution >= 4 is 17.1 Å². The van der Waals surface area contributed by atoms with Crippen LogP contribution >= 0.6 is 0 Å². The third-order valence-electron chi connectivity index (χ3n) is 16.6. The van der Waals surface area contributed by atoms with Crippen LogP contribution < -0.4 is 4.90 Å². The molecular weight excluding hydrogens is 687 g/mol. The predicted molar refractivity (Wildman–Crippen MR) is 238 cm³/mol. The Morgan fingerprint density at radius 1 is 0.509 bits per heavy atom. The van der Waals surface area contributed by atoms with Gasteiger partial charge in [-0.2, -0.15) is 0 Å². The second kappa shape index (κ2) is 12.3. The van der Waals surface area contributed by atoms with Gasteiger partial charge >= 0.3 is 0 Å². The molecule has 12 rings (SSSR count). The largest absolute Gasteiger partial charge is 0.310 e. The Balaban J connectivity index is 1.11. The van der Waals surface area contributed by atoms with Crippen molar-refractivity contribution in [3.8, 4) is 33.4 Å². The van der Waals surface area contributed by atoms with Crippen molar-refractivity contribution in [2.75, 3.05) is 4.90 Å². The molecule has 2 unspecified atom stereocenters. The quantitative estimate of drug-likeness (QED) is 0.174. The summed E-state index contributed by atoms with van der Waals surface area (Å²) in [6, 6.07) is 50.6. The van der Waals surface area contributed by atoms with Crippen LogP contribution in [0.25, 0.3) is 33.4 Å². The lowest BCUT2D eigenvalue weighted by Crippen LogP contribution is -2.49. The molecule has 3 fully saturated rings. The summed E-state index contributed by atoms with van der Waals surface area (Å²) in [5.74, 6) is 2.25. The standard InChI is InChI=1S/C56H55N/c1-4-36-32-37-16-14-17-38(33-36)56(37)48-23-11-8-20-45(48)53-49(56)24-15-25-52(53)57(39-26-28-43-41-18-6-9-21-46(41)54(2,3)50(43)34-39)40-27-29-44-42-19-7-10-22-47(42)55(51(44)35-40)30-12-5-13-31-55/h6-11,15,18-29,34-38H,4-5,12-14,16-17,30-33H2,1-3H3.